The molecule has 0 unspecified atom stereocenters. The summed E-state index contributed by atoms with van der Waals surface area (Å²) in [6.07, 6.45) is 2.39. The first-order chi connectivity index (χ1) is 13.2. The molecule has 6 heteroatoms. The topological polar surface area (TPSA) is 67.1 Å². The third-order valence-electron chi connectivity index (χ3n) is 4.85. The van der Waals surface area contributed by atoms with Gasteiger partial charge in [0.05, 0.1) is 12.5 Å². The highest BCUT2D eigenvalue weighted by molar-refractivity contribution is 5.81. The van der Waals surface area contributed by atoms with Crippen molar-refractivity contribution >= 4 is 22.9 Å². The van der Waals surface area contributed by atoms with Crippen LogP contribution in [0.1, 0.15) is 32.4 Å². The van der Waals surface area contributed by atoms with E-state index in [-0.39, 0.29) is 11.9 Å². The molecule has 0 atom stereocenters. The molecule has 1 fully saturated rings. The van der Waals surface area contributed by atoms with E-state index in [2.05, 4.69) is 29.3 Å². The van der Waals surface area contributed by atoms with Crippen LogP contribution >= 0.6 is 0 Å². The molecule has 3 rings (SSSR count). The smallest absolute Gasteiger partial charge is 0.309 e. The summed E-state index contributed by atoms with van der Waals surface area (Å²) in [5.41, 5.74) is 0.921. The van der Waals surface area contributed by atoms with Crippen molar-refractivity contribution in [1.82, 2.24) is 10.2 Å². The summed E-state index contributed by atoms with van der Waals surface area (Å²) in [7, 11) is 0. The number of nitrogens with zero attached hydrogens (tertiary/aromatic N) is 2. The molecule has 1 saturated heterocycles. The number of esters is 1. The summed E-state index contributed by atoms with van der Waals surface area (Å²) in [4.78, 5) is 18.9. The minimum absolute atomic E-state index is 0.0135. The number of carbonyl (C=O) groups is 1. The van der Waals surface area contributed by atoms with Crippen LogP contribution in [0.4, 0.5) is 0 Å². The fraction of sp³-hybridized carbons (Fsp3) is 0.524. The number of para-hydroxylation sites is 1. The van der Waals surface area contributed by atoms with Crippen molar-refractivity contribution in [3.8, 4) is 0 Å². The lowest BCUT2D eigenvalue weighted by Crippen LogP contribution is -2.46. The molecule has 0 spiro atoms. The van der Waals surface area contributed by atoms with E-state index < -0.39 is 0 Å². The van der Waals surface area contributed by atoms with Crippen LogP contribution in [0, 0.1) is 5.92 Å². The predicted molar refractivity (Wildman–Crippen MR) is 107 cm³/mol. The second-order valence-corrected chi connectivity index (χ2v) is 6.75. The normalized spacial score (nSPS) is 15.9. The van der Waals surface area contributed by atoms with Crippen LogP contribution in [0.15, 0.2) is 39.7 Å². The van der Waals surface area contributed by atoms with Gasteiger partial charge in [-0.05, 0) is 38.8 Å². The van der Waals surface area contributed by atoms with Gasteiger partial charge < -0.3 is 19.4 Å². The van der Waals surface area contributed by atoms with E-state index in [1.807, 2.05) is 25.1 Å². The first-order valence-electron chi connectivity index (χ1n) is 9.88. The molecule has 27 heavy (non-hydrogen) atoms. The number of hydrogen-bond acceptors (Lipinski definition) is 4. The fourth-order valence-corrected chi connectivity index (χ4v) is 3.44. The molecule has 0 bridgehead atoms. The minimum atomic E-state index is -0.0658. The van der Waals surface area contributed by atoms with Gasteiger partial charge in [0.15, 0.2) is 5.96 Å². The zero-order valence-corrected chi connectivity index (χ0v) is 16.2. The first kappa shape index (κ1) is 19.3. The van der Waals surface area contributed by atoms with E-state index in [1.54, 1.807) is 0 Å². The maximum atomic E-state index is 11.9. The van der Waals surface area contributed by atoms with E-state index in [0.717, 1.165) is 61.6 Å². The fourth-order valence-electron chi connectivity index (χ4n) is 3.44. The van der Waals surface area contributed by atoms with Crippen LogP contribution in [-0.2, 0) is 16.0 Å². The average Bonchev–Trinajstić information content (AvgIpc) is 3.10. The minimum Gasteiger partial charge on any atom is -0.466 e. The van der Waals surface area contributed by atoms with Crippen LogP contribution in [0.2, 0.25) is 0 Å². The monoisotopic (exact) mass is 371 g/mol. The van der Waals surface area contributed by atoms with Gasteiger partial charge in [-0.25, -0.2) is 0 Å². The van der Waals surface area contributed by atoms with Crippen LogP contribution in [0.25, 0.3) is 11.0 Å². The summed E-state index contributed by atoms with van der Waals surface area (Å²) >= 11 is 0. The molecule has 1 N–H and O–H groups in total. The molecule has 0 amide bonds. The third kappa shape index (κ3) is 5.02. The molecule has 1 aliphatic rings. The molecular formula is C21H29N3O3. The van der Waals surface area contributed by atoms with Crippen molar-refractivity contribution in [3.63, 3.8) is 0 Å². The maximum absolute atomic E-state index is 11.9. The van der Waals surface area contributed by atoms with E-state index in [4.69, 9.17) is 14.1 Å². The van der Waals surface area contributed by atoms with Gasteiger partial charge in [0.25, 0.3) is 0 Å². The largest absolute Gasteiger partial charge is 0.466 e. The van der Waals surface area contributed by atoms with Crippen molar-refractivity contribution in [1.29, 1.82) is 0 Å². The summed E-state index contributed by atoms with van der Waals surface area (Å²) in [5, 5.41) is 4.49. The number of carbonyl (C=O) groups excluding carboxylic acids is 1. The van der Waals surface area contributed by atoms with Gasteiger partial charge in [0.2, 0.25) is 0 Å². The number of piperidine rings is 1. The summed E-state index contributed by atoms with van der Waals surface area (Å²) < 4.78 is 11.0. The number of fused-ring (bicyclic) bond motifs is 1. The van der Waals surface area contributed by atoms with Gasteiger partial charge in [-0.15, -0.1) is 0 Å². The Morgan fingerprint density at radius 1 is 1.30 bits per heavy atom. The molecule has 0 saturated carbocycles. The van der Waals surface area contributed by atoms with E-state index >= 15 is 0 Å². The lowest BCUT2D eigenvalue weighted by atomic mass is 9.97. The van der Waals surface area contributed by atoms with Crippen molar-refractivity contribution in [2.75, 3.05) is 32.8 Å². The van der Waals surface area contributed by atoms with E-state index in [1.165, 1.54) is 0 Å². The molecule has 1 aromatic heterocycles. The lowest BCUT2D eigenvalue weighted by molar-refractivity contribution is -0.149. The second-order valence-electron chi connectivity index (χ2n) is 6.75. The van der Waals surface area contributed by atoms with Gasteiger partial charge in [-0.2, -0.15) is 0 Å². The quantitative estimate of drug-likeness (QED) is 0.480. The Hall–Kier alpha value is -2.50. The number of guanidine groups is 1. The van der Waals surface area contributed by atoms with E-state index in [0.29, 0.717) is 13.2 Å². The van der Waals surface area contributed by atoms with E-state index in [9.17, 15) is 4.79 Å². The molecule has 146 valence electrons. The van der Waals surface area contributed by atoms with Gasteiger partial charge in [-0.3, -0.25) is 9.79 Å². The van der Waals surface area contributed by atoms with Gasteiger partial charge in [-0.1, -0.05) is 18.2 Å². The Kier molecular flexibility index (Phi) is 6.74. The van der Waals surface area contributed by atoms with Crippen molar-refractivity contribution in [2.24, 2.45) is 10.9 Å². The Labute approximate surface area is 160 Å². The van der Waals surface area contributed by atoms with Crippen LogP contribution in [0.5, 0.6) is 0 Å². The number of benzene rings is 1. The standard InChI is InChI=1S/C21H29N3O3/c1-3-22-21(24-13-10-16(11-14-24)20(25)26-4-2)23-12-9-18-15-17-7-5-6-8-19(17)27-18/h5-8,15-16H,3-4,9-14H2,1-2H3,(H,22,23). The molecule has 2 heterocycles. The lowest BCUT2D eigenvalue weighted by Gasteiger charge is -2.33. The number of aliphatic imine (C=N–C) groups is 1. The highest BCUT2D eigenvalue weighted by atomic mass is 16.5. The average molecular weight is 371 g/mol. The third-order valence-corrected chi connectivity index (χ3v) is 4.85. The van der Waals surface area contributed by atoms with Crippen molar-refractivity contribution in [3.05, 3.63) is 36.1 Å². The Balaban J connectivity index is 1.56. The highest BCUT2D eigenvalue weighted by Gasteiger charge is 2.27. The molecule has 0 radical (unpaired) electrons. The van der Waals surface area contributed by atoms with Crippen molar-refractivity contribution < 1.29 is 13.9 Å². The van der Waals surface area contributed by atoms with Gasteiger partial charge >= 0.3 is 5.97 Å². The SMILES string of the molecule is CCNC(=NCCc1cc2ccccc2o1)N1CCC(C(=O)OCC)CC1. The zero-order chi connectivity index (χ0) is 19.1. The molecule has 1 aromatic carbocycles. The van der Waals surface area contributed by atoms with Crippen LogP contribution < -0.4 is 5.32 Å². The Morgan fingerprint density at radius 3 is 2.78 bits per heavy atom. The summed E-state index contributed by atoms with van der Waals surface area (Å²) in [6, 6.07) is 10.1. The summed E-state index contributed by atoms with van der Waals surface area (Å²) in [5.74, 6) is 1.82. The zero-order valence-electron chi connectivity index (χ0n) is 16.2. The maximum Gasteiger partial charge on any atom is 0.309 e. The highest BCUT2D eigenvalue weighted by Crippen LogP contribution is 2.20. The molecule has 6 nitrogen and oxygen atoms in total. The molecular weight excluding hydrogens is 342 g/mol. The number of nitrogens with one attached hydrogen (secondary N) is 1. The molecule has 2 aromatic rings. The molecule has 0 aliphatic carbocycles. The second kappa shape index (κ2) is 9.44. The van der Waals surface area contributed by atoms with Crippen molar-refractivity contribution in [2.45, 2.75) is 33.1 Å². The van der Waals surface area contributed by atoms with Crippen LogP contribution in [-0.4, -0.2) is 49.6 Å². The van der Waals surface area contributed by atoms with Crippen LogP contribution in [0.3, 0.4) is 0 Å². The number of furan rings is 1. The van der Waals surface area contributed by atoms with Gasteiger partial charge in [0.1, 0.15) is 11.3 Å². The Morgan fingerprint density at radius 2 is 2.07 bits per heavy atom. The van der Waals surface area contributed by atoms with Gasteiger partial charge in [0, 0.05) is 38.0 Å². The Bertz CT molecular complexity index is 743. The molecule has 1 aliphatic heterocycles. The number of likely N-dealkylation sites (tertiary alicyclic amines) is 1. The summed E-state index contributed by atoms with van der Waals surface area (Å²) in [6.45, 7) is 7.50. The first-order valence-corrected chi connectivity index (χ1v) is 9.88. The number of ether oxygens (including phenoxy) is 1. The number of hydrogen-bond donors (Lipinski definition) is 1. The predicted octanol–water partition coefficient (Wildman–Crippen LogP) is 3.22. The number of rotatable bonds is 6.